The highest BCUT2D eigenvalue weighted by Gasteiger charge is 2.10. The van der Waals surface area contributed by atoms with Crippen LogP contribution in [0.1, 0.15) is 20.9 Å². The van der Waals surface area contributed by atoms with Gasteiger partial charge in [-0.2, -0.15) is 0 Å². The Labute approximate surface area is 148 Å². The third-order valence-electron chi connectivity index (χ3n) is 3.33. The maximum atomic E-state index is 13.6. The molecule has 0 spiro atoms. The van der Waals surface area contributed by atoms with Gasteiger partial charge in [0.05, 0.1) is 11.2 Å². The topological polar surface area (TPSA) is 78.4 Å². The Kier molecular flexibility index (Phi) is 6.81. The second kappa shape index (κ2) is 9.07. The van der Waals surface area contributed by atoms with Crippen molar-refractivity contribution in [3.8, 4) is 0 Å². The first-order chi connectivity index (χ1) is 12.0. The number of aliphatic imine (C=N–C) groups is 1. The summed E-state index contributed by atoms with van der Waals surface area (Å²) in [7, 11) is 1.57. The molecule has 134 valence electrons. The zero-order valence-corrected chi connectivity index (χ0v) is 14.7. The van der Waals surface area contributed by atoms with Crippen molar-refractivity contribution < 1.29 is 13.6 Å². The van der Waals surface area contributed by atoms with Crippen molar-refractivity contribution in [3.05, 3.63) is 51.5 Å². The Morgan fingerprint density at radius 3 is 2.68 bits per heavy atom. The number of aryl methyl sites for hydroxylation is 1. The molecule has 0 saturated heterocycles. The molecule has 0 unspecified atom stereocenters. The van der Waals surface area contributed by atoms with Crippen LogP contribution in [0.15, 0.2) is 28.7 Å². The highest BCUT2D eigenvalue weighted by atomic mass is 32.1. The fourth-order valence-corrected chi connectivity index (χ4v) is 2.75. The number of aromatic nitrogens is 1. The van der Waals surface area contributed by atoms with E-state index in [1.807, 2.05) is 0 Å². The molecule has 1 amide bonds. The molecule has 0 radical (unpaired) electrons. The first-order valence-electron chi connectivity index (χ1n) is 7.58. The van der Waals surface area contributed by atoms with Gasteiger partial charge in [-0.25, -0.2) is 13.8 Å². The van der Waals surface area contributed by atoms with E-state index in [0.717, 1.165) is 18.2 Å². The number of hydrogen-bond donors (Lipinski definition) is 3. The number of nitrogens with zero attached hydrogens (tertiary/aromatic N) is 2. The van der Waals surface area contributed by atoms with Crippen molar-refractivity contribution in [3.63, 3.8) is 0 Å². The van der Waals surface area contributed by atoms with E-state index in [9.17, 15) is 13.6 Å². The van der Waals surface area contributed by atoms with Gasteiger partial charge in [0, 0.05) is 32.2 Å². The summed E-state index contributed by atoms with van der Waals surface area (Å²) >= 11 is 1.29. The number of guanidine groups is 1. The maximum absolute atomic E-state index is 13.6. The minimum absolute atomic E-state index is 0.0929. The van der Waals surface area contributed by atoms with E-state index in [-0.39, 0.29) is 18.0 Å². The number of benzene rings is 1. The van der Waals surface area contributed by atoms with Crippen molar-refractivity contribution in [1.82, 2.24) is 20.9 Å². The number of carbonyl (C=O) groups is 1. The van der Waals surface area contributed by atoms with E-state index in [1.165, 1.54) is 11.3 Å². The Morgan fingerprint density at radius 2 is 2.00 bits per heavy atom. The van der Waals surface area contributed by atoms with Crippen LogP contribution in [0.25, 0.3) is 0 Å². The lowest BCUT2D eigenvalue weighted by molar-refractivity contribution is 0.0957. The van der Waals surface area contributed by atoms with Crippen LogP contribution in [0.5, 0.6) is 0 Å². The maximum Gasteiger partial charge on any atom is 0.263 e. The number of hydrogen-bond acceptors (Lipinski definition) is 4. The lowest BCUT2D eigenvalue weighted by atomic mass is 10.2. The number of carbonyl (C=O) groups excluding carboxylic acids is 1. The van der Waals surface area contributed by atoms with Gasteiger partial charge in [-0.15, -0.1) is 11.3 Å². The van der Waals surface area contributed by atoms with E-state index in [2.05, 4.69) is 25.9 Å². The summed E-state index contributed by atoms with van der Waals surface area (Å²) in [4.78, 5) is 20.5. The van der Waals surface area contributed by atoms with Gasteiger partial charge in [0.1, 0.15) is 16.5 Å². The fraction of sp³-hybridized carbons (Fsp3) is 0.312. The minimum Gasteiger partial charge on any atom is -0.355 e. The molecule has 6 nitrogen and oxygen atoms in total. The molecular weight excluding hydrogens is 348 g/mol. The monoisotopic (exact) mass is 367 g/mol. The van der Waals surface area contributed by atoms with Gasteiger partial charge < -0.3 is 16.0 Å². The summed E-state index contributed by atoms with van der Waals surface area (Å²) in [5.41, 5.74) is 2.53. The first-order valence-corrected chi connectivity index (χ1v) is 8.46. The number of nitrogens with one attached hydrogen (secondary N) is 3. The summed E-state index contributed by atoms with van der Waals surface area (Å²) in [6, 6.07) is 3.28. The SMILES string of the molecule is CN=C(NCCNC(=O)c1scnc1C)NCc1cc(F)ccc1F. The average molecular weight is 367 g/mol. The predicted molar refractivity (Wildman–Crippen MR) is 93.7 cm³/mol. The molecule has 0 saturated carbocycles. The van der Waals surface area contributed by atoms with Crippen molar-refractivity contribution in [2.75, 3.05) is 20.1 Å². The zero-order chi connectivity index (χ0) is 18.2. The summed E-state index contributed by atoms with van der Waals surface area (Å²) in [6.07, 6.45) is 0. The molecule has 25 heavy (non-hydrogen) atoms. The molecule has 0 aliphatic heterocycles. The van der Waals surface area contributed by atoms with Crippen molar-refractivity contribution in [1.29, 1.82) is 0 Å². The van der Waals surface area contributed by atoms with Crippen LogP contribution in [-0.2, 0) is 6.54 Å². The van der Waals surface area contributed by atoms with Gasteiger partial charge in [0.15, 0.2) is 5.96 Å². The molecule has 0 aliphatic rings. The summed E-state index contributed by atoms with van der Waals surface area (Å²) in [5.74, 6) is -0.739. The highest BCUT2D eigenvalue weighted by molar-refractivity contribution is 7.11. The second-order valence-corrected chi connectivity index (χ2v) is 5.97. The van der Waals surface area contributed by atoms with Crippen molar-refractivity contribution in [2.45, 2.75) is 13.5 Å². The summed E-state index contributed by atoms with van der Waals surface area (Å²) in [6.45, 7) is 2.68. The predicted octanol–water partition coefficient (Wildman–Crippen LogP) is 1.82. The average Bonchev–Trinajstić information content (AvgIpc) is 3.03. The molecule has 2 rings (SSSR count). The van der Waals surface area contributed by atoms with Gasteiger partial charge in [0.2, 0.25) is 0 Å². The summed E-state index contributed by atoms with van der Waals surface area (Å²) < 4.78 is 26.7. The number of amides is 1. The molecule has 1 heterocycles. The molecule has 1 aromatic carbocycles. The van der Waals surface area contributed by atoms with Gasteiger partial charge in [-0.1, -0.05) is 0 Å². The van der Waals surface area contributed by atoms with E-state index in [4.69, 9.17) is 0 Å². The number of thiazole rings is 1. The smallest absolute Gasteiger partial charge is 0.263 e. The standard InChI is InChI=1S/C16H19F2N5OS/c1-10-14(25-9-23-10)15(24)20-5-6-21-16(19-2)22-8-11-7-12(17)3-4-13(11)18/h3-4,7,9H,5-6,8H2,1-2H3,(H,20,24)(H2,19,21,22). The minimum atomic E-state index is -0.498. The molecule has 0 bridgehead atoms. The van der Waals surface area contributed by atoms with Crippen LogP contribution in [0.3, 0.4) is 0 Å². The molecule has 1 aromatic heterocycles. The van der Waals surface area contributed by atoms with Crippen molar-refractivity contribution in [2.24, 2.45) is 4.99 Å². The van der Waals surface area contributed by atoms with Crippen LogP contribution in [0.2, 0.25) is 0 Å². The van der Waals surface area contributed by atoms with E-state index in [0.29, 0.717) is 29.6 Å². The van der Waals surface area contributed by atoms with Crippen LogP contribution in [0, 0.1) is 18.6 Å². The Hall–Kier alpha value is -2.55. The normalized spacial score (nSPS) is 11.3. The van der Waals surface area contributed by atoms with Crippen molar-refractivity contribution >= 4 is 23.2 Å². The molecule has 3 N–H and O–H groups in total. The molecular formula is C16H19F2N5OS. The Balaban J connectivity index is 1.74. The van der Waals surface area contributed by atoms with Gasteiger partial charge >= 0.3 is 0 Å². The third kappa shape index (κ3) is 5.49. The second-order valence-electron chi connectivity index (χ2n) is 5.11. The van der Waals surface area contributed by atoms with Crippen LogP contribution >= 0.6 is 11.3 Å². The molecule has 2 aromatic rings. The fourth-order valence-electron chi connectivity index (χ4n) is 2.04. The number of halogens is 2. The molecule has 9 heteroatoms. The largest absolute Gasteiger partial charge is 0.355 e. The highest BCUT2D eigenvalue weighted by Crippen LogP contribution is 2.11. The Bertz CT molecular complexity index is 763. The zero-order valence-electron chi connectivity index (χ0n) is 13.9. The quantitative estimate of drug-likeness (QED) is 0.413. The molecule has 0 aliphatic carbocycles. The van der Waals surface area contributed by atoms with Crippen LogP contribution in [0.4, 0.5) is 8.78 Å². The van der Waals surface area contributed by atoms with Gasteiger partial charge in [-0.05, 0) is 25.1 Å². The number of rotatable bonds is 6. The third-order valence-corrected chi connectivity index (χ3v) is 4.26. The summed E-state index contributed by atoms with van der Waals surface area (Å²) in [5, 5.41) is 8.65. The Morgan fingerprint density at radius 1 is 1.24 bits per heavy atom. The van der Waals surface area contributed by atoms with E-state index >= 15 is 0 Å². The van der Waals surface area contributed by atoms with Crippen LogP contribution < -0.4 is 16.0 Å². The lowest BCUT2D eigenvalue weighted by Crippen LogP contribution is -2.41. The van der Waals surface area contributed by atoms with E-state index in [1.54, 1.807) is 19.5 Å². The molecule has 0 fully saturated rings. The van der Waals surface area contributed by atoms with Crippen LogP contribution in [-0.4, -0.2) is 37.0 Å². The van der Waals surface area contributed by atoms with Gasteiger partial charge in [-0.3, -0.25) is 9.79 Å². The first kappa shape index (κ1) is 18.8. The van der Waals surface area contributed by atoms with Gasteiger partial charge in [0.25, 0.3) is 5.91 Å². The lowest BCUT2D eigenvalue weighted by Gasteiger charge is -2.12. The molecule has 0 atom stereocenters. The van der Waals surface area contributed by atoms with E-state index < -0.39 is 11.6 Å².